The second-order valence-electron chi connectivity index (χ2n) is 4.17. The Hall–Kier alpha value is -2.97. The quantitative estimate of drug-likeness (QED) is 0.684. The van der Waals surface area contributed by atoms with Crippen LogP contribution in [0.5, 0.6) is 11.6 Å². The first kappa shape index (κ1) is 14.4. The van der Waals surface area contributed by atoms with Gasteiger partial charge in [0.25, 0.3) is 5.88 Å². The van der Waals surface area contributed by atoms with Gasteiger partial charge in [-0.2, -0.15) is 5.10 Å². The molecule has 0 aliphatic heterocycles. The van der Waals surface area contributed by atoms with Crippen LogP contribution in [0.3, 0.4) is 0 Å². The lowest BCUT2D eigenvalue weighted by Crippen LogP contribution is -2.04. The van der Waals surface area contributed by atoms with Crippen LogP contribution in [0.25, 0.3) is 0 Å². The SMILES string of the molecule is Cc1nn(C)c(Oc2ccc(F)cc2C(=O)O)c1[N+](=O)[O-]. The number of hydrogen-bond acceptors (Lipinski definition) is 5. The molecule has 2 aromatic rings. The van der Waals surface area contributed by atoms with Crippen LogP contribution >= 0.6 is 0 Å². The molecule has 2 rings (SSSR count). The minimum absolute atomic E-state index is 0.122. The highest BCUT2D eigenvalue weighted by atomic mass is 19.1. The Labute approximate surface area is 117 Å². The molecular weight excluding hydrogens is 285 g/mol. The summed E-state index contributed by atoms with van der Waals surface area (Å²) in [4.78, 5) is 21.4. The summed E-state index contributed by atoms with van der Waals surface area (Å²) in [6.07, 6.45) is 0. The van der Waals surface area contributed by atoms with E-state index < -0.39 is 22.3 Å². The van der Waals surface area contributed by atoms with E-state index in [9.17, 15) is 19.3 Å². The number of aromatic nitrogens is 2. The maximum atomic E-state index is 13.1. The van der Waals surface area contributed by atoms with E-state index in [2.05, 4.69) is 5.10 Å². The summed E-state index contributed by atoms with van der Waals surface area (Å²) in [5, 5.41) is 23.9. The molecule has 1 aromatic carbocycles. The van der Waals surface area contributed by atoms with Crippen LogP contribution in [0.1, 0.15) is 16.1 Å². The maximum absolute atomic E-state index is 13.1. The van der Waals surface area contributed by atoms with Gasteiger partial charge >= 0.3 is 11.7 Å². The van der Waals surface area contributed by atoms with E-state index >= 15 is 0 Å². The zero-order chi connectivity index (χ0) is 15.7. The molecular formula is C12H10FN3O5. The number of ether oxygens (including phenoxy) is 1. The Morgan fingerprint density at radius 2 is 2.19 bits per heavy atom. The molecule has 0 radical (unpaired) electrons. The fourth-order valence-corrected chi connectivity index (χ4v) is 1.81. The van der Waals surface area contributed by atoms with Gasteiger partial charge in [-0.05, 0) is 25.1 Å². The number of nitrogens with zero attached hydrogens (tertiary/aromatic N) is 3. The van der Waals surface area contributed by atoms with Crippen LogP contribution in [0.15, 0.2) is 18.2 Å². The smallest absolute Gasteiger partial charge is 0.353 e. The lowest BCUT2D eigenvalue weighted by Gasteiger charge is -2.08. The van der Waals surface area contributed by atoms with Crippen LogP contribution in [0, 0.1) is 22.9 Å². The maximum Gasteiger partial charge on any atom is 0.353 e. The summed E-state index contributed by atoms with van der Waals surface area (Å²) in [5.41, 5.74) is -0.696. The standard InChI is InChI=1S/C12H10FN3O5/c1-6-10(16(19)20)11(15(2)14-6)21-9-4-3-7(13)5-8(9)12(17)18/h3-5H,1-2H3,(H,17,18). The number of carboxylic acid groups (broad SMARTS) is 1. The van der Waals surface area contributed by atoms with E-state index in [1.54, 1.807) is 0 Å². The monoisotopic (exact) mass is 295 g/mol. The molecule has 0 saturated heterocycles. The summed E-state index contributed by atoms with van der Waals surface area (Å²) in [5.74, 6) is -2.61. The molecule has 0 unspecified atom stereocenters. The second kappa shape index (κ2) is 5.19. The summed E-state index contributed by atoms with van der Waals surface area (Å²) < 4.78 is 19.5. The molecule has 0 atom stereocenters. The van der Waals surface area contributed by atoms with Crippen molar-refractivity contribution in [3.8, 4) is 11.6 Å². The molecule has 0 aliphatic carbocycles. The van der Waals surface area contributed by atoms with Crippen LogP contribution in [0.2, 0.25) is 0 Å². The summed E-state index contributed by atoms with van der Waals surface area (Å²) >= 11 is 0. The first-order chi connectivity index (χ1) is 9.81. The van der Waals surface area contributed by atoms with Crippen LogP contribution in [0.4, 0.5) is 10.1 Å². The average Bonchev–Trinajstić information content (AvgIpc) is 2.66. The zero-order valence-corrected chi connectivity index (χ0v) is 11.0. The Morgan fingerprint density at radius 3 is 2.76 bits per heavy atom. The molecule has 0 fully saturated rings. The number of aromatic carboxylic acids is 1. The van der Waals surface area contributed by atoms with E-state index in [0.29, 0.717) is 0 Å². The molecule has 0 spiro atoms. The van der Waals surface area contributed by atoms with Crippen molar-refractivity contribution in [2.24, 2.45) is 7.05 Å². The van der Waals surface area contributed by atoms with Gasteiger partial charge in [-0.1, -0.05) is 0 Å². The lowest BCUT2D eigenvalue weighted by atomic mass is 10.2. The third-order valence-electron chi connectivity index (χ3n) is 2.70. The normalized spacial score (nSPS) is 10.4. The van der Waals surface area contributed by atoms with Crippen molar-refractivity contribution in [1.29, 1.82) is 0 Å². The van der Waals surface area contributed by atoms with E-state index in [1.165, 1.54) is 14.0 Å². The molecule has 0 amide bonds. The topological polar surface area (TPSA) is 107 Å². The van der Waals surface area contributed by atoms with Crippen molar-refractivity contribution < 1.29 is 24.0 Å². The highest BCUT2D eigenvalue weighted by Gasteiger charge is 2.27. The number of aryl methyl sites for hydroxylation is 2. The largest absolute Gasteiger partial charge is 0.478 e. The van der Waals surface area contributed by atoms with Crippen LogP contribution in [-0.2, 0) is 7.05 Å². The number of rotatable bonds is 4. The Bertz CT molecular complexity index is 741. The number of carboxylic acids is 1. The van der Waals surface area contributed by atoms with E-state index in [4.69, 9.17) is 9.84 Å². The van der Waals surface area contributed by atoms with Gasteiger partial charge in [0.2, 0.25) is 0 Å². The molecule has 1 heterocycles. The molecule has 8 nitrogen and oxygen atoms in total. The predicted octanol–water partition coefficient (Wildman–Crippen LogP) is 2.27. The third kappa shape index (κ3) is 2.66. The minimum atomic E-state index is -1.41. The Balaban J connectivity index is 2.53. The summed E-state index contributed by atoms with van der Waals surface area (Å²) in [6, 6.07) is 2.86. The van der Waals surface area contributed by atoms with Crippen molar-refractivity contribution >= 4 is 11.7 Å². The molecule has 1 N–H and O–H groups in total. The molecule has 9 heteroatoms. The zero-order valence-electron chi connectivity index (χ0n) is 11.0. The van der Waals surface area contributed by atoms with E-state index in [1.807, 2.05) is 0 Å². The highest BCUT2D eigenvalue weighted by molar-refractivity contribution is 5.91. The highest BCUT2D eigenvalue weighted by Crippen LogP contribution is 2.35. The van der Waals surface area contributed by atoms with Crippen molar-refractivity contribution in [3.63, 3.8) is 0 Å². The molecule has 1 aromatic heterocycles. The second-order valence-corrected chi connectivity index (χ2v) is 4.17. The summed E-state index contributed by atoms with van der Waals surface area (Å²) in [6.45, 7) is 1.42. The molecule has 0 aliphatic rings. The molecule has 0 bridgehead atoms. The number of hydrogen-bond donors (Lipinski definition) is 1. The lowest BCUT2D eigenvalue weighted by molar-refractivity contribution is -0.386. The molecule has 0 saturated carbocycles. The van der Waals surface area contributed by atoms with Gasteiger partial charge in [0.1, 0.15) is 22.8 Å². The number of halogens is 1. The summed E-state index contributed by atoms with van der Waals surface area (Å²) in [7, 11) is 1.42. The molecule has 110 valence electrons. The van der Waals surface area contributed by atoms with Gasteiger partial charge in [-0.25, -0.2) is 13.9 Å². The van der Waals surface area contributed by atoms with Gasteiger partial charge in [-0.15, -0.1) is 0 Å². The number of carbonyl (C=O) groups is 1. The van der Waals surface area contributed by atoms with E-state index in [0.717, 1.165) is 22.9 Å². The third-order valence-corrected chi connectivity index (χ3v) is 2.70. The fourth-order valence-electron chi connectivity index (χ4n) is 1.81. The van der Waals surface area contributed by atoms with Gasteiger partial charge < -0.3 is 9.84 Å². The first-order valence-electron chi connectivity index (χ1n) is 5.70. The van der Waals surface area contributed by atoms with Gasteiger partial charge in [-0.3, -0.25) is 10.1 Å². The fraction of sp³-hybridized carbons (Fsp3) is 0.167. The van der Waals surface area contributed by atoms with Crippen molar-refractivity contribution in [2.75, 3.05) is 0 Å². The van der Waals surface area contributed by atoms with E-state index in [-0.39, 0.29) is 23.0 Å². The minimum Gasteiger partial charge on any atom is -0.478 e. The van der Waals surface area contributed by atoms with Crippen LogP contribution < -0.4 is 4.74 Å². The number of benzene rings is 1. The first-order valence-corrected chi connectivity index (χ1v) is 5.70. The predicted molar refractivity (Wildman–Crippen MR) is 68.0 cm³/mol. The average molecular weight is 295 g/mol. The Kier molecular flexibility index (Phi) is 3.57. The van der Waals surface area contributed by atoms with Gasteiger partial charge in [0.05, 0.1) is 4.92 Å². The molecule has 21 heavy (non-hydrogen) atoms. The van der Waals surface area contributed by atoms with Crippen molar-refractivity contribution in [2.45, 2.75) is 6.92 Å². The Morgan fingerprint density at radius 1 is 1.52 bits per heavy atom. The van der Waals surface area contributed by atoms with Gasteiger partial charge in [0.15, 0.2) is 0 Å². The van der Waals surface area contributed by atoms with Crippen molar-refractivity contribution in [3.05, 3.63) is 45.4 Å². The number of nitro groups is 1. The van der Waals surface area contributed by atoms with Crippen LogP contribution in [-0.4, -0.2) is 25.8 Å². The van der Waals surface area contributed by atoms with Crippen molar-refractivity contribution in [1.82, 2.24) is 9.78 Å². The van der Waals surface area contributed by atoms with Gasteiger partial charge in [0, 0.05) is 7.05 Å².